The molecule has 1 aromatic heterocycles. The van der Waals surface area contributed by atoms with Crippen LogP contribution in [0.4, 0.5) is 4.39 Å². The Labute approximate surface area is 100 Å². The molecule has 4 heteroatoms. The summed E-state index contributed by atoms with van der Waals surface area (Å²) in [5.74, 6) is 0.764. The predicted octanol–water partition coefficient (Wildman–Crippen LogP) is 2.29. The molecule has 0 bridgehead atoms. The lowest BCUT2D eigenvalue weighted by atomic mass is 10.1. The van der Waals surface area contributed by atoms with E-state index in [1.165, 1.54) is 6.07 Å². The number of benzene rings is 1. The molecule has 3 nitrogen and oxygen atoms in total. The number of nitrogens with zero attached hydrogens (tertiary/aromatic N) is 1. The molecule has 0 saturated heterocycles. The monoisotopic (exact) mass is 233 g/mol. The molecule has 2 rings (SSSR count). The number of rotatable bonds is 4. The molecule has 0 saturated carbocycles. The minimum absolute atomic E-state index is 0.177. The summed E-state index contributed by atoms with van der Waals surface area (Å²) in [5, 5.41) is 3.07. The van der Waals surface area contributed by atoms with Gasteiger partial charge in [0.25, 0.3) is 0 Å². The maximum absolute atomic E-state index is 13.2. The van der Waals surface area contributed by atoms with E-state index in [-0.39, 0.29) is 5.82 Å². The first-order valence-corrected chi connectivity index (χ1v) is 5.65. The molecular weight excluding hydrogens is 217 g/mol. The molecule has 0 spiro atoms. The normalized spacial score (nSPS) is 10.8. The molecule has 0 aliphatic carbocycles. The molecule has 0 unspecified atom stereocenters. The van der Waals surface area contributed by atoms with Crippen LogP contribution in [0.2, 0.25) is 0 Å². The quantitative estimate of drug-likeness (QED) is 0.850. The number of H-pyrrole nitrogens is 1. The third-order valence-electron chi connectivity index (χ3n) is 2.71. The first kappa shape index (κ1) is 11.8. The van der Waals surface area contributed by atoms with Gasteiger partial charge < -0.3 is 10.3 Å². The topological polar surface area (TPSA) is 40.7 Å². The van der Waals surface area contributed by atoms with E-state index in [9.17, 15) is 4.39 Å². The van der Waals surface area contributed by atoms with Gasteiger partial charge in [-0.3, -0.25) is 0 Å². The summed E-state index contributed by atoms with van der Waals surface area (Å²) in [4.78, 5) is 7.53. The molecule has 0 amide bonds. The van der Waals surface area contributed by atoms with E-state index in [0.29, 0.717) is 5.56 Å². The van der Waals surface area contributed by atoms with Crippen LogP contribution in [0, 0.1) is 12.7 Å². The third kappa shape index (κ3) is 2.71. The molecule has 2 N–H and O–H groups in total. The van der Waals surface area contributed by atoms with Crippen LogP contribution in [0.15, 0.2) is 24.4 Å². The van der Waals surface area contributed by atoms with Crippen LogP contribution in [0.5, 0.6) is 0 Å². The number of likely N-dealkylation sites (N-methyl/N-ethyl adjacent to an activating group) is 1. The van der Waals surface area contributed by atoms with Gasteiger partial charge in [0.2, 0.25) is 0 Å². The average molecular weight is 233 g/mol. The van der Waals surface area contributed by atoms with Gasteiger partial charge in [-0.15, -0.1) is 0 Å². The van der Waals surface area contributed by atoms with E-state index in [1.807, 2.05) is 13.1 Å². The van der Waals surface area contributed by atoms with Gasteiger partial charge in [-0.2, -0.15) is 0 Å². The van der Waals surface area contributed by atoms with Crippen LogP contribution in [0.3, 0.4) is 0 Å². The summed E-state index contributed by atoms with van der Waals surface area (Å²) in [7, 11) is 1.91. The summed E-state index contributed by atoms with van der Waals surface area (Å²) in [5.41, 5.74) is 2.54. The summed E-state index contributed by atoms with van der Waals surface area (Å²) in [6, 6.07) is 5.07. The van der Waals surface area contributed by atoms with Crippen molar-refractivity contribution < 1.29 is 4.39 Å². The number of aromatic nitrogens is 2. The number of nitrogens with one attached hydrogen (secondary N) is 2. The van der Waals surface area contributed by atoms with Crippen molar-refractivity contribution in [2.45, 2.75) is 13.3 Å². The second-order valence-corrected chi connectivity index (χ2v) is 4.06. The smallest absolute Gasteiger partial charge is 0.126 e. The Bertz CT molecular complexity index is 505. The van der Waals surface area contributed by atoms with E-state index in [0.717, 1.165) is 30.0 Å². The SMILES string of the molecule is CNCCc1ncc(-c2ccc(F)c(C)c2)[nH]1. The van der Waals surface area contributed by atoms with Crippen LogP contribution in [-0.4, -0.2) is 23.6 Å². The van der Waals surface area contributed by atoms with E-state index in [4.69, 9.17) is 0 Å². The Morgan fingerprint density at radius 2 is 2.24 bits per heavy atom. The summed E-state index contributed by atoms with van der Waals surface area (Å²) in [6.45, 7) is 2.65. The van der Waals surface area contributed by atoms with Crippen molar-refractivity contribution in [3.63, 3.8) is 0 Å². The largest absolute Gasteiger partial charge is 0.342 e. The van der Waals surface area contributed by atoms with Crippen LogP contribution in [0.1, 0.15) is 11.4 Å². The Morgan fingerprint density at radius 3 is 2.94 bits per heavy atom. The van der Waals surface area contributed by atoms with Gasteiger partial charge >= 0.3 is 0 Å². The first-order chi connectivity index (χ1) is 8.20. The number of imidazole rings is 1. The van der Waals surface area contributed by atoms with Crippen LogP contribution in [-0.2, 0) is 6.42 Å². The molecule has 1 heterocycles. The molecule has 17 heavy (non-hydrogen) atoms. The van der Waals surface area contributed by atoms with Gasteiger partial charge in [0.05, 0.1) is 11.9 Å². The van der Waals surface area contributed by atoms with Crippen molar-refractivity contribution in [2.75, 3.05) is 13.6 Å². The number of hydrogen-bond donors (Lipinski definition) is 2. The lowest BCUT2D eigenvalue weighted by Crippen LogP contribution is -2.10. The fourth-order valence-corrected chi connectivity index (χ4v) is 1.69. The van der Waals surface area contributed by atoms with E-state index in [1.54, 1.807) is 19.2 Å². The highest BCUT2D eigenvalue weighted by atomic mass is 19.1. The van der Waals surface area contributed by atoms with Crippen molar-refractivity contribution in [3.05, 3.63) is 41.6 Å². The molecular formula is C13H16FN3. The van der Waals surface area contributed by atoms with E-state index >= 15 is 0 Å². The Kier molecular flexibility index (Phi) is 3.54. The maximum Gasteiger partial charge on any atom is 0.126 e. The summed E-state index contributed by atoms with van der Waals surface area (Å²) in [6.07, 6.45) is 2.65. The fraction of sp³-hybridized carbons (Fsp3) is 0.308. The third-order valence-corrected chi connectivity index (χ3v) is 2.71. The lowest BCUT2D eigenvalue weighted by Gasteiger charge is -2.01. The van der Waals surface area contributed by atoms with E-state index < -0.39 is 0 Å². The number of aryl methyl sites for hydroxylation is 1. The second kappa shape index (κ2) is 5.10. The van der Waals surface area contributed by atoms with Crippen molar-refractivity contribution >= 4 is 0 Å². The maximum atomic E-state index is 13.2. The fourth-order valence-electron chi connectivity index (χ4n) is 1.69. The predicted molar refractivity (Wildman–Crippen MR) is 66.3 cm³/mol. The van der Waals surface area contributed by atoms with Crippen molar-refractivity contribution in [1.82, 2.24) is 15.3 Å². The molecule has 1 aromatic carbocycles. The zero-order chi connectivity index (χ0) is 12.3. The molecule has 0 aliphatic rings. The minimum Gasteiger partial charge on any atom is -0.342 e. The lowest BCUT2D eigenvalue weighted by molar-refractivity contribution is 0.619. The van der Waals surface area contributed by atoms with Crippen molar-refractivity contribution in [1.29, 1.82) is 0 Å². The van der Waals surface area contributed by atoms with Crippen molar-refractivity contribution in [3.8, 4) is 11.3 Å². The highest BCUT2D eigenvalue weighted by Crippen LogP contribution is 2.20. The van der Waals surface area contributed by atoms with Gasteiger partial charge in [-0.05, 0) is 37.7 Å². The molecule has 2 aromatic rings. The standard InChI is InChI=1S/C13H16FN3/c1-9-7-10(3-4-11(9)14)12-8-16-13(17-12)5-6-15-2/h3-4,7-8,15H,5-6H2,1-2H3,(H,16,17). The van der Waals surface area contributed by atoms with Gasteiger partial charge in [0.1, 0.15) is 11.6 Å². The van der Waals surface area contributed by atoms with E-state index in [2.05, 4.69) is 15.3 Å². The highest BCUT2D eigenvalue weighted by molar-refractivity contribution is 5.59. The van der Waals surface area contributed by atoms with Crippen LogP contribution < -0.4 is 5.32 Å². The van der Waals surface area contributed by atoms with Crippen LogP contribution in [0.25, 0.3) is 11.3 Å². The summed E-state index contributed by atoms with van der Waals surface area (Å²) < 4.78 is 13.2. The van der Waals surface area contributed by atoms with Gasteiger partial charge in [-0.1, -0.05) is 0 Å². The summed E-state index contributed by atoms with van der Waals surface area (Å²) >= 11 is 0. The number of halogens is 1. The zero-order valence-corrected chi connectivity index (χ0v) is 10.0. The van der Waals surface area contributed by atoms with Gasteiger partial charge in [0.15, 0.2) is 0 Å². The van der Waals surface area contributed by atoms with Gasteiger partial charge in [0, 0.05) is 18.5 Å². The molecule has 0 fully saturated rings. The number of hydrogen-bond acceptors (Lipinski definition) is 2. The minimum atomic E-state index is -0.177. The highest BCUT2D eigenvalue weighted by Gasteiger charge is 2.05. The zero-order valence-electron chi connectivity index (χ0n) is 10.0. The Balaban J connectivity index is 2.21. The van der Waals surface area contributed by atoms with Crippen LogP contribution >= 0.6 is 0 Å². The van der Waals surface area contributed by atoms with Crippen molar-refractivity contribution in [2.24, 2.45) is 0 Å². The Morgan fingerprint density at radius 1 is 1.41 bits per heavy atom. The second-order valence-electron chi connectivity index (χ2n) is 4.06. The molecule has 0 radical (unpaired) electrons. The number of aromatic amines is 1. The first-order valence-electron chi connectivity index (χ1n) is 5.65. The Hall–Kier alpha value is -1.68. The molecule has 90 valence electrons. The molecule has 0 aliphatic heterocycles. The average Bonchev–Trinajstić information content (AvgIpc) is 2.79. The molecule has 0 atom stereocenters. The van der Waals surface area contributed by atoms with Gasteiger partial charge in [-0.25, -0.2) is 9.37 Å².